The highest BCUT2D eigenvalue weighted by Gasteiger charge is 2.11. The van der Waals surface area contributed by atoms with Crippen molar-refractivity contribution >= 4 is 15.9 Å². The third-order valence-electron chi connectivity index (χ3n) is 3.99. The second-order valence-corrected chi connectivity index (χ2v) is 8.10. The van der Waals surface area contributed by atoms with Crippen LogP contribution in [0.4, 0.5) is 0 Å². The number of para-hydroxylation sites is 1. The number of carbonyl (C=O) groups excluding carboxylic acids is 1. The Morgan fingerprint density at radius 3 is 2.32 bits per heavy atom. The molecule has 0 aliphatic carbocycles. The molecule has 0 aliphatic rings. The number of sulfonamides is 1. The zero-order valence-corrected chi connectivity index (χ0v) is 16.1. The smallest absolute Gasteiger partial charge is 0.224 e. The molecule has 0 saturated heterocycles. The summed E-state index contributed by atoms with van der Waals surface area (Å²) in [6.07, 6.45) is 3.64. The van der Waals surface area contributed by atoms with Crippen molar-refractivity contribution in [3.63, 3.8) is 0 Å². The van der Waals surface area contributed by atoms with Crippen LogP contribution in [0.5, 0.6) is 0 Å². The number of hydrogen-bond donors (Lipinski definition) is 2. The van der Waals surface area contributed by atoms with E-state index >= 15 is 0 Å². The Bertz CT molecular complexity index is 1000. The van der Waals surface area contributed by atoms with Gasteiger partial charge in [0.15, 0.2) is 0 Å². The number of benzene rings is 2. The average molecular weight is 398 g/mol. The summed E-state index contributed by atoms with van der Waals surface area (Å²) in [5, 5.41) is 6.97. The van der Waals surface area contributed by atoms with E-state index in [4.69, 9.17) is 0 Å². The Balaban J connectivity index is 1.41. The minimum Gasteiger partial charge on any atom is -0.354 e. The maximum atomic E-state index is 12.0. The first kappa shape index (κ1) is 19.8. The van der Waals surface area contributed by atoms with Crippen LogP contribution in [0.2, 0.25) is 0 Å². The fourth-order valence-corrected chi connectivity index (χ4v) is 3.82. The topological polar surface area (TPSA) is 93.1 Å². The molecule has 0 fully saturated rings. The first-order valence-electron chi connectivity index (χ1n) is 8.89. The van der Waals surface area contributed by atoms with Gasteiger partial charge in [-0.25, -0.2) is 17.8 Å². The van der Waals surface area contributed by atoms with E-state index in [-0.39, 0.29) is 31.2 Å². The fourth-order valence-electron chi connectivity index (χ4n) is 2.67. The second kappa shape index (κ2) is 9.29. The summed E-state index contributed by atoms with van der Waals surface area (Å²) in [6.45, 7) is 0.365. The molecular weight excluding hydrogens is 376 g/mol. The van der Waals surface area contributed by atoms with Crippen LogP contribution in [0.25, 0.3) is 5.69 Å². The molecular formula is C20H22N4O3S. The monoisotopic (exact) mass is 398 g/mol. The highest BCUT2D eigenvalue weighted by molar-refractivity contribution is 7.88. The van der Waals surface area contributed by atoms with Gasteiger partial charge in [0.1, 0.15) is 0 Å². The summed E-state index contributed by atoms with van der Waals surface area (Å²) in [6, 6.07) is 18.6. The summed E-state index contributed by atoms with van der Waals surface area (Å²) in [7, 11) is -3.43. The lowest BCUT2D eigenvalue weighted by atomic mass is 10.2. The first-order valence-corrected chi connectivity index (χ1v) is 10.5. The minimum atomic E-state index is -3.43. The third kappa shape index (κ3) is 6.04. The molecule has 0 aliphatic heterocycles. The normalized spacial score (nSPS) is 11.3. The van der Waals surface area contributed by atoms with Crippen LogP contribution < -0.4 is 10.0 Å². The lowest BCUT2D eigenvalue weighted by Crippen LogP contribution is -2.35. The van der Waals surface area contributed by atoms with Crippen molar-refractivity contribution in [1.29, 1.82) is 0 Å². The van der Waals surface area contributed by atoms with Gasteiger partial charge in [-0.15, -0.1) is 0 Å². The fraction of sp³-hybridized carbons (Fsp3) is 0.200. The van der Waals surface area contributed by atoms with Crippen LogP contribution in [-0.2, 0) is 27.0 Å². The molecule has 2 N–H and O–H groups in total. The van der Waals surface area contributed by atoms with Crippen LogP contribution >= 0.6 is 0 Å². The van der Waals surface area contributed by atoms with Crippen molar-refractivity contribution < 1.29 is 13.2 Å². The third-order valence-corrected chi connectivity index (χ3v) is 5.35. The zero-order chi connectivity index (χ0) is 19.8. The Kier molecular flexibility index (Phi) is 6.57. The maximum Gasteiger partial charge on any atom is 0.224 e. The molecule has 1 aromatic heterocycles. The Hall–Kier alpha value is -2.97. The minimum absolute atomic E-state index is 0.0829. The molecule has 0 saturated carbocycles. The molecule has 3 rings (SSSR count). The summed E-state index contributed by atoms with van der Waals surface area (Å²) < 4.78 is 28.3. The van der Waals surface area contributed by atoms with E-state index in [9.17, 15) is 13.2 Å². The predicted molar refractivity (Wildman–Crippen MR) is 107 cm³/mol. The molecule has 0 bridgehead atoms. The van der Waals surface area contributed by atoms with Crippen molar-refractivity contribution in [2.75, 3.05) is 13.1 Å². The molecule has 0 radical (unpaired) electrons. The van der Waals surface area contributed by atoms with Gasteiger partial charge in [0, 0.05) is 19.3 Å². The van der Waals surface area contributed by atoms with Crippen molar-refractivity contribution in [3.05, 3.63) is 84.2 Å². The Labute approximate surface area is 164 Å². The Morgan fingerprint density at radius 2 is 1.61 bits per heavy atom. The van der Waals surface area contributed by atoms with Gasteiger partial charge in [-0.05, 0) is 23.3 Å². The molecule has 1 heterocycles. The first-order chi connectivity index (χ1) is 13.5. The number of rotatable bonds is 9. The number of hydrogen-bond acceptors (Lipinski definition) is 4. The summed E-state index contributed by atoms with van der Waals surface area (Å²) in [5.74, 6) is -0.268. The second-order valence-electron chi connectivity index (χ2n) is 6.29. The van der Waals surface area contributed by atoms with E-state index in [2.05, 4.69) is 15.1 Å². The quantitative estimate of drug-likeness (QED) is 0.536. The van der Waals surface area contributed by atoms with Gasteiger partial charge in [-0.1, -0.05) is 48.5 Å². The van der Waals surface area contributed by atoms with Crippen molar-refractivity contribution in [2.24, 2.45) is 0 Å². The van der Waals surface area contributed by atoms with Gasteiger partial charge < -0.3 is 5.32 Å². The largest absolute Gasteiger partial charge is 0.354 e. The molecule has 2 aromatic carbocycles. The molecule has 8 heteroatoms. The highest BCUT2D eigenvalue weighted by atomic mass is 32.2. The van der Waals surface area contributed by atoms with Crippen LogP contribution in [0.3, 0.4) is 0 Å². The van der Waals surface area contributed by atoms with E-state index in [0.717, 1.165) is 16.8 Å². The van der Waals surface area contributed by atoms with E-state index in [1.54, 1.807) is 41.3 Å². The van der Waals surface area contributed by atoms with Gasteiger partial charge >= 0.3 is 0 Å². The van der Waals surface area contributed by atoms with Gasteiger partial charge in [0.05, 0.1) is 24.1 Å². The number of carbonyl (C=O) groups is 1. The molecule has 1 amide bonds. The van der Waals surface area contributed by atoms with Crippen LogP contribution in [0, 0.1) is 0 Å². The molecule has 28 heavy (non-hydrogen) atoms. The molecule has 3 aromatic rings. The summed E-state index contributed by atoms with van der Waals surface area (Å²) in [5.41, 5.74) is 2.42. The van der Waals surface area contributed by atoms with E-state index in [1.807, 2.05) is 36.4 Å². The van der Waals surface area contributed by atoms with Crippen molar-refractivity contribution in [2.45, 2.75) is 12.2 Å². The zero-order valence-electron chi connectivity index (χ0n) is 15.3. The lowest BCUT2D eigenvalue weighted by molar-refractivity contribution is -0.120. The maximum absolute atomic E-state index is 12.0. The molecule has 0 spiro atoms. The van der Waals surface area contributed by atoms with Crippen LogP contribution in [0.1, 0.15) is 11.1 Å². The molecule has 7 nitrogen and oxygen atoms in total. The lowest BCUT2D eigenvalue weighted by Gasteiger charge is -2.08. The van der Waals surface area contributed by atoms with E-state index in [0.29, 0.717) is 0 Å². The summed E-state index contributed by atoms with van der Waals surface area (Å²) in [4.78, 5) is 12.0. The van der Waals surface area contributed by atoms with Gasteiger partial charge in [0.2, 0.25) is 15.9 Å². The Morgan fingerprint density at radius 1 is 0.929 bits per heavy atom. The van der Waals surface area contributed by atoms with Gasteiger partial charge in [-0.3, -0.25) is 4.79 Å². The molecule has 0 atom stereocenters. The van der Waals surface area contributed by atoms with E-state index < -0.39 is 10.0 Å². The van der Waals surface area contributed by atoms with Crippen molar-refractivity contribution in [1.82, 2.24) is 19.8 Å². The standard InChI is InChI=1S/C20H22N4O3S/c25-20(13-18-14-22-24(15-18)19-9-5-2-6-10-19)21-11-12-23-28(26,27)16-17-7-3-1-4-8-17/h1-10,14-15,23H,11-13,16H2,(H,21,25). The summed E-state index contributed by atoms with van der Waals surface area (Å²) >= 11 is 0. The number of nitrogens with one attached hydrogen (secondary N) is 2. The van der Waals surface area contributed by atoms with E-state index in [1.165, 1.54) is 0 Å². The predicted octanol–water partition coefficient (Wildman–Crippen LogP) is 1.65. The van der Waals surface area contributed by atoms with Gasteiger partial charge in [-0.2, -0.15) is 5.10 Å². The molecule has 0 unspecified atom stereocenters. The highest BCUT2D eigenvalue weighted by Crippen LogP contribution is 2.08. The number of aromatic nitrogens is 2. The van der Waals surface area contributed by atoms with Gasteiger partial charge in [0.25, 0.3) is 0 Å². The number of nitrogens with zero attached hydrogens (tertiary/aromatic N) is 2. The van der Waals surface area contributed by atoms with Crippen molar-refractivity contribution in [3.8, 4) is 5.69 Å². The van der Waals surface area contributed by atoms with Crippen LogP contribution in [0.15, 0.2) is 73.1 Å². The average Bonchev–Trinajstić information content (AvgIpc) is 3.15. The van der Waals surface area contributed by atoms with Crippen LogP contribution in [-0.4, -0.2) is 37.2 Å². The number of amides is 1. The SMILES string of the molecule is O=C(Cc1cnn(-c2ccccc2)c1)NCCNS(=O)(=O)Cc1ccccc1. The molecule has 146 valence electrons.